The van der Waals surface area contributed by atoms with E-state index in [-0.39, 0.29) is 5.92 Å². The van der Waals surface area contributed by atoms with Crippen molar-refractivity contribution in [3.05, 3.63) is 0 Å². The van der Waals surface area contributed by atoms with E-state index in [1.807, 2.05) is 0 Å². The molecule has 0 amide bonds. The second-order valence-corrected chi connectivity index (χ2v) is 6.65. The molecule has 0 aromatic carbocycles. The van der Waals surface area contributed by atoms with Gasteiger partial charge in [-0.3, -0.25) is 0 Å². The van der Waals surface area contributed by atoms with Crippen molar-refractivity contribution in [3.8, 4) is 0 Å². The van der Waals surface area contributed by atoms with Gasteiger partial charge in [-0.1, -0.05) is 13.8 Å². The molecule has 4 aliphatic carbocycles. The number of halogens is 1. The minimum Gasteiger partial charge on any atom is -0.433 e. The molecular formula is C14H21FO2. The third-order valence-electron chi connectivity index (χ3n) is 5.57. The molecule has 0 N–H and O–H groups in total. The summed E-state index contributed by atoms with van der Waals surface area (Å²) < 4.78 is 18.1. The maximum Gasteiger partial charge on any atom is 0.496 e. The third kappa shape index (κ3) is 1.54. The van der Waals surface area contributed by atoms with Crippen LogP contribution in [0.4, 0.5) is 9.18 Å². The maximum atomic E-state index is 12.8. The molecule has 4 rings (SSSR count). The first kappa shape index (κ1) is 11.5. The van der Waals surface area contributed by atoms with Crippen LogP contribution in [-0.2, 0) is 4.74 Å². The monoisotopic (exact) mass is 240 g/mol. The van der Waals surface area contributed by atoms with Gasteiger partial charge in [-0.25, -0.2) is 4.79 Å². The summed E-state index contributed by atoms with van der Waals surface area (Å²) in [4.78, 5) is 10.9. The molecule has 0 aromatic rings. The molecule has 17 heavy (non-hydrogen) atoms. The predicted octanol–water partition coefficient (Wildman–Crippen LogP) is 3.94. The van der Waals surface area contributed by atoms with Gasteiger partial charge in [0.05, 0.1) is 0 Å². The molecule has 0 spiro atoms. The highest BCUT2D eigenvalue weighted by Crippen LogP contribution is 2.61. The fourth-order valence-electron chi connectivity index (χ4n) is 5.29. The number of rotatable bonds is 2. The topological polar surface area (TPSA) is 26.3 Å². The SMILES string of the molecule is CC(C)C1(OC(=O)F)C2CC3CC(C2)CC1C3. The van der Waals surface area contributed by atoms with E-state index in [2.05, 4.69) is 13.8 Å². The van der Waals surface area contributed by atoms with E-state index in [4.69, 9.17) is 4.74 Å². The molecule has 4 fully saturated rings. The lowest BCUT2D eigenvalue weighted by molar-refractivity contribution is -0.199. The van der Waals surface area contributed by atoms with Crippen LogP contribution in [0.15, 0.2) is 0 Å². The van der Waals surface area contributed by atoms with Crippen LogP contribution in [0, 0.1) is 29.6 Å². The van der Waals surface area contributed by atoms with Gasteiger partial charge >= 0.3 is 6.22 Å². The largest absolute Gasteiger partial charge is 0.496 e. The van der Waals surface area contributed by atoms with Crippen molar-refractivity contribution >= 4 is 6.22 Å². The number of carbonyl (C=O) groups is 1. The van der Waals surface area contributed by atoms with Gasteiger partial charge in [-0.05, 0) is 61.7 Å². The Bertz CT molecular complexity index is 309. The molecule has 0 atom stereocenters. The van der Waals surface area contributed by atoms with Crippen LogP contribution >= 0.6 is 0 Å². The second kappa shape index (κ2) is 3.69. The van der Waals surface area contributed by atoms with Crippen LogP contribution in [0.5, 0.6) is 0 Å². The third-order valence-corrected chi connectivity index (χ3v) is 5.57. The first-order valence-electron chi connectivity index (χ1n) is 6.90. The molecule has 4 saturated carbocycles. The van der Waals surface area contributed by atoms with Crippen molar-refractivity contribution < 1.29 is 13.9 Å². The molecule has 96 valence electrons. The average molecular weight is 240 g/mol. The molecule has 0 heterocycles. The van der Waals surface area contributed by atoms with Crippen LogP contribution in [0.3, 0.4) is 0 Å². The van der Waals surface area contributed by atoms with Crippen LogP contribution < -0.4 is 0 Å². The van der Waals surface area contributed by atoms with Crippen LogP contribution in [0.1, 0.15) is 46.0 Å². The van der Waals surface area contributed by atoms with Gasteiger partial charge < -0.3 is 4.74 Å². The van der Waals surface area contributed by atoms with E-state index in [1.165, 1.54) is 6.42 Å². The zero-order valence-electron chi connectivity index (χ0n) is 10.6. The number of carbonyl (C=O) groups excluding carboxylic acids is 1. The highest BCUT2D eigenvalue weighted by molar-refractivity contribution is 5.59. The summed E-state index contributed by atoms with van der Waals surface area (Å²) in [5.41, 5.74) is -0.501. The van der Waals surface area contributed by atoms with Gasteiger partial charge in [-0.15, -0.1) is 4.39 Å². The van der Waals surface area contributed by atoms with Gasteiger partial charge in [0, 0.05) is 0 Å². The molecule has 0 aliphatic heterocycles. The van der Waals surface area contributed by atoms with Crippen molar-refractivity contribution in [2.45, 2.75) is 51.6 Å². The standard InChI is InChI=1S/C14H21FO2/c1-8(2)14(17-13(15)16)11-4-9-3-10(6-11)7-12(14)5-9/h8-12H,3-7H2,1-2H3. The summed E-state index contributed by atoms with van der Waals surface area (Å²) in [5, 5.41) is 0. The van der Waals surface area contributed by atoms with E-state index >= 15 is 0 Å². The second-order valence-electron chi connectivity index (χ2n) is 6.65. The predicted molar refractivity (Wildman–Crippen MR) is 62.2 cm³/mol. The van der Waals surface area contributed by atoms with Crippen LogP contribution in [-0.4, -0.2) is 11.8 Å². The molecule has 4 bridgehead atoms. The molecule has 0 aromatic heterocycles. The Balaban J connectivity index is 1.95. The molecule has 3 heteroatoms. The van der Waals surface area contributed by atoms with Gasteiger partial charge in [0.2, 0.25) is 0 Å². The Hall–Kier alpha value is -0.600. The zero-order valence-corrected chi connectivity index (χ0v) is 10.6. The molecule has 4 aliphatic rings. The van der Waals surface area contributed by atoms with Crippen molar-refractivity contribution in [1.82, 2.24) is 0 Å². The normalized spacial score (nSPS) is 47.5. The van der Waals surface area contributed by atoms with Crippen molar-refractivity contribution in [2.24, 2.45) is 29.6 Å². The first-order valence-corrected chi connectivity index (χ1v) is 6.90. The fourth-order valence-corrected chi connectivity index (χ4v) is 5.29. The summed E-state index contributed by atoms with van der Waals surface area (Å²) in [5.74, 6) is 2.64. The highest BCUT2D eigenvalue weighted by Gasteiger charge is 2.60. The van der Waals surface area contributed by atoms with Gasteiger partial charge in [0.1, 0.15) is 5.60 Å². The summed E-state index contributed by atoms with van der Waals surface area (Å²) in [6.07, 6.45) is 4.32. The number of hydrogen-bond acceptors (Lipinski definition) is 2. The summed E-state index contributed by atoms with van der Waals surface area (Å²) >= 11 is 0. The maximum absolute atomic E-state index is 12.8. The van der Waals surface area contributed by atoms with E-state index in [9.17, 15) is 9.18 Å². The minimum atomic E-state index is -1.58. The van der Waals surface area contributed by atoms with Crippen molar-refractivity contribution in [3.63, 3.8) is 0 Å². The Morgan fingerprint density at radius 3 is 1.94 bits per heavy atom. The van der Waals surface area contributed by atoms with Crippen molar-refractivity contribution in [2.75, 3.05) is 0 Å². The highest BCUT2D eigenvalue weighted by atomic mass is 19.1. The van der Waals surface area contributed by atoms with Gasteiger partial charge in [-0.2, -0.15) is 0 Å². The summed E-state index contributed by atoms with van der Waals surface area (Å²) in [7, 11) is 0. The quantitative estimate of drug-likeness (QED) is 0.683. The number of ether oxygens (including phenoxy) is 1. The molecule has 0 saturated heterocycles. The Labute approximate surface area is 102 Å². The van der Waals surface area contributed by atoms with E-state index in [0.717, 1.165) is 37.5 Å². The van der Waals surface area contributed by atoms with E-state index in [1.54, 1.807) is 0 Å². The first-order chi connectivity index (χ1) is 8.02. The lowest BCUT2D eigenvalue weighted by Crippen LogP contribution is -2.62. The Morgan fingerprint density at radius 2 is 1.59 bits per heavy atom. The lowest BCUT2D eigenvalue weighted by atomic mass is 9.47. The summed E-state index contributed by atoms with van der Waals surface area (Å²) in [6.45, 7) is 4.15. The fraction of sp³-hybridized carbons (Fsp3) is 0.929. The molecule has 0 radical (unpaired) electrons. The smallest absolute Gasteiger partial charge is 0.433 e. The van der Waals surface area contributed by atoms with Crippen LogP contribution in [0.25, 0.3) is 0 Å². The van der Waals surface area contributed by atoms with Crippen molar-refractivity contribution in [1.29, 1.82) is 0 Å². The molecule has 0 unspecified atom stereocenters. The average Bonchev–Trinajstić information content (AvgIpc) is 2.21. The van der Waals surface area contributed by atoms with E-state index < -0.39 is 11.8 Å². The van der Waals surface area contributed by atoms with Crippen LogP contribution in [0.2, 0.25) is 0 Å². The van der Waals surface area contributed by atoms with Gasteiger partial charge in [0.25, 0.3) is 0 Å². The summed E-state index contributed by atoms with van der Waals surface area (Å²) in [6, 6.07) is 0. The van der Waals surface area contributed by atoms with Gasteiger partial charge in [0.15, 0.2) is 0 Å². The number of hydrogen-bond donors (Lipinski definition) is 0. The Morgan fingerprint density at radius 1 is 1.12 bits per heavy atom. The molecular weight excluding hydrogens is 219 g/mol. The molecule has 2 nitrogen and oxygen atoms in total. The van der Waals surface area contributed by atoms with E-state index in [0.29, 0.717) is 11.8 Å². The lowest BCUT2D eigenvalue weighted by Gasteiger charge is -2.61. The zero-order chi connectivity index (χ0) is 12.2. The Kier molecular flexibility index (Phi) is 2.50. The minimum absolute atomic E-state index is 0.220.